The highest BCUT2D eigenvalue weighted by molar-refractivity contribution is 5.92. The molecule has 8 heteroatoms. The van der Waals surface area contributed by atoms with E-state index in [1.807, 2.05) is 31.2 Å². The summed E-state index contributed by atoms with van der Waals surface area (Å²) < 4.78 is 17.7. The molecule has 0 aliphatic rings. The summed E-state index contributed by atoms with van der Waals surface area (Å²) in [5.74, 6) is 1.34. The van der Waals surface area contributed by atoms with Crippen LogP contribution in [0.4, 0.5) is 0 Å². The largest absolute Gasteiger partial charge is 0.493 e. The van der Waals surface area contributed by atoms with Crippen molar-refractivity contribution in [3.63, 3.8) is 0 Å². The summed E-state index contributed by atoms with van der Waals surface area (Å²) in [4.78, 5) is 16.3. The lowest BCUT2D eigenvalue weighted by Crippen LogP contribution is -2.24. The van der Waals surface area contributed by atoms with Crippen molar-refractivity contribution in [3.8, 4) is 22.9 Å². The predicted molar refractivity (Wildman–Crippen MR) is 113 cm³/mol. The second-order valence-electron chi connectivity index (χ2n) is 6.45. The summed E-state index contributed by atoms with van der Waals surface area (Å²) in [5.41, 5.74) is 2.63. The Balaban J connectivity index is 1.67. The zero-order valence-electron chi connectivity index (χ0n) is 17.3. The van der Waals surface area contributed by atoms with E-state index >= 15 is 0 Å². The van der Waals surface area contributed by atoms with E-state index in [4.69, 9.17) is 14.2 Å². The van der Waals surface area contributed by atoms with Crippen molar-refractivity contribution in [2.45, 2.75) is 13.0 Å². The summed E-state index contributed by atoms with van der Waals surface area (Å²) in [6.45, 7) is 1.93. The Hall–Kier alpha value is -3.81. The number of rotatable bonds is 8. The van der Waals surface area contributed by atoms with Crippen molar-refractivity contribution >= 4 is 12.0 Å². The minimum atomic E-state index is -0.211. The van der Waals surface area contributed by atoms with Gasteiger partial charge in [0.2, 0.25) is 11.7 Å². The molecule has 3 aromatic rings. The molecule has 2 aromatic carbocycles. The minimum absolute atomic E-state index is 0.160. The highest BCUT2D eigenvalue weighted by atomic mass is 16.5. The Morgan fingerprint density at radius 1 is 1.07 bits per heavy atom. The Bertz CT molecular complexity index is 989. The lowest BCUT2D eigenvalue weighted by atomic mass is 10.1. The van der Waals surface area contributed by atoms with E-state index in [0.717, 1.165) is 16.8 Å². The first-order chi connectivity index (χ1) is 14.5. The third-order valence-corrected chi connectivity index (χ3v) is 4.55. The number of amides is 1. The summed E-state index contributed by atoms with van der Waals surface area (Å²) in [6.07, 6.45) is 6.28. The molecule has 0 aliphatic carbocycles. The molecule has 1 amide bonds. The number of aromatic nitrogens is 3. The Morgan fingerprint density at radius 3 is 2.27 bits per heavy atom. The Kier molecular flexibility index (Phi) is 6.69. The topological polar surface area (TPSA) is 87.5 Å². The third kappa shape index (κ3) is 4.78. The molecule has 0 saturated heterocycles. The number of nitrogens with zero attached hydrogens (tertiary/aromatic N) is 3. The number of ether oxygens (including phenoxy) is 3. The van der Waals surface area contributed by atoms with Crippen LogP contribution in [0.5, 0.6) is 17.2 Å². The SMILES string of the molecule is COc1cc(/C=C/C(=O)N[C@@H](C)c2ccc(-n3cncn3)cc2)cc(OC)c1OC. The number of hydrogen-bond acceptors (Lipinski definition) is 6. The molecule has 0 aliphatic heterocycles. The predicted octanol–water partition coefficient (Wildman–Crippen LogP) is 3.18. The van der Waals surface area contributed by atoms with Crippen LogP contribution in [-0.4, -0.2) is 42.0 Å². The van der Waals surface area contributed by atoms with E-state index in [1.165, 1.54) is 12.4 Å². The van der Waals surface area contributed by atoms with Gasteiger partial charge in [-0.3, -0.25) is 4.79 Å². The van der Waals surface area contributed by atoms with E-state index in [-0.39, 0.29) is 11.9 Å². The van der Waals surface area contributed by atoms with Gasteiger partial charge >= 0.3 is 0 Å². The maximum absolute atomic E-state index is 12.4. The zero-order valence-corrected chi connectivity index (χ0v) is 17.3. The molecule has 156 valence electrons. The number of nitrogens with one attached hydrogen (secondary N) is 1. The van der Waals surface area contributed by atoms with Crippen molar-refractivity contribution in [3.05, 3.63) is 66.3 Å². The van der Waals surface area contributed by atoms with Crippen LogP contribution < -0.4 is 19.5 Å². The van der Waals surface area contributed by atoms with E-state index in [0.29, 0.717) is 17.2 Å². The van der Waals surface area contributed by atoms with E-state index < -0.39 is 0 Å². The molecule has 0 unspecified atom stereocenters. The van der Waals surface area contributed by atoms with E-state index in [1.54, 1.807) is 50.5 Å². The van der Waals surface area contributed by atoms with Crippen molar-refractivity contribution in [1.82, 2.24) is 20.1 Å². The third-order valence-electron chi connectivity index (χ3n) is 4.55. The van der Waals surface area contributed by atoms with E-state index in [2.05, 4.69) is 15.4 Å². The lowest BCUT2D eigenvalue weighted by molar-refractivity contribution is -0.117. The van der Waals surface area contributed by atoms with Gasteiger partial charge in [-0.15, -0.1) is 0 Å². The normalized spacial score (nSPS) is 11.9. The van der Waals surface area contributed by atoms with Gasteiger partial charge in [-0.25, -0.2) is 9.67 Å². The molecule has 30 heavy (non-hydrogen) atoms. The van der Waals surface area contributed by atoms with Gasteiger partial charge in [-0.05, 0) is 48.4 Å². The summed E-state index contributed by atoms with van der Waals surface area (Å²) >= 11 is 0. The minimum Gasteiger partial charge on any atom is -0.493 e. The highest BCUT2D eigenvalue weighted by Crippen LogP contribution is 2.38. The van der Waals surface area contributed by atoms with Crippen LogP contribution >= 0.6 is 0 Å². The van der Waals surface area contributed by atoms with Crippen LogP contribution in [0, 0.1) is 0 Å². The fourth-order valence-electron chi connectivity index (χ4n) is 2.97. The molecule has 3 rings (SSSR count). The van der Waals surface area contributed by atoms with E-state index in [9.17, 15) is 4.79 Å². The van der Waals surface area contributed by atoms with Gasteiger partial charge in [0.25, 0.3) is 0 Å². The fourth-order valence-corrected chi connectivity index (χ4v) is 2.97. The second-order valence-corrected chi connectivity index (χ2v) is 6.45. The van der Waals surface area contributed by atoms with Crippen LogP contribution in [-0.2, 0) is 4.79 Å². The molecule has 0 spiro atoms. The second kappa shape index (κ2) is 9.60. The molecule has 0 saturated carbocycles. The molecule has 1 N–H and O–H groups in total. The molecule has 1 atom stereocenters. The van der Waals surface area contributed by atoms with Gasteiger partial charge in [0, 0.05) is 6.08 Å². The van der Waals surface area contributed by atoms with Crippen LogP contribution in [0.2, 0.25) is 0 Å². The first-order valence-electron chi connectivity index (χ1n) is 9.29. The Morgan fingerprint density at radius 2 is 1.73 bits per heavy atom. The van der Waals surface area contributed by atoms with Crippen molar-refractivity contribution in [2.24, 2.45) is 0 Å². The van der Waals surface area contributed by atoms with Gasteiger partial charge in [-0.2, -0.15) is 5.10 Å². The number of hydrogen-bond donors (Lipinski definition) is 1. The maximum Gasteiger partial charge on any atom is 0.244 e. The lowest BCUT2D eigenvalue weighted by Gasteiger charge is -2.14. The van der Waals surface area contributed by atoms with Crippen LogP contribution in [0.1, 0.15) is 24.1 Å². The number of carbonyl (C=O) groups is 1. The molecule has 0 fully saturated rings. The van der Waals surface area contributed by atoms with Gasteiger partial charge in [0.15, 0.2) is 11.5 Å². The molecular weight excluding hydrogens is 384 g/mol. The Labute approximate surface area is 175 Å². The summed E-state index contributed by atoms with van der Waals surface area (Å²) in [7, 11) is 4.64. The van der Waals surface area contributed by atoms with Gasteiger partial charge in [-0.1, -0.05) is 12.1 Å². The van der Waals surface area contributed by atoms with Crippen LogP contribution in [0.25, 0.3) is 11.8 Å². The maximum atomic E-state index is 12.4. The molecule has 1 aromatic heterocycles. The standard InChI is InChI=1S/C22H24N4O4/c1-15(17-6-8-18(9-7-17)26-14-23-13-24-26)25-21(27)10-5-16-11-19(28-2)22(30-4)20(12-16)29-3/h5-15H,1-4H3,(H,25,27)/b10-5+/t15-/m0/s1. The van der Waals surface area contributed by atoms with Crippen LogP contribution in [0.3, 0.4) is 0 Å². The van der Waals surface area contributed by atoms with Crippen molar-refractivity contribution in [2.75, 3.05) is 21.3 Å². The van der Waals surface area contributed by atoms with Crippen molar-refractivity contribution in [1.29, 1.82) is 0 Å². The van der Waals surface area contributed by atoms with Crippen LogP contribution in [0.15, 0.2) is 55.1 Å². The fraction of sp³-hybridized carbons (Fsp3) is 0.227. The smallest absolute Gasteiger partial charge is 0.244 e. The van der Waals surface area contributed by atoms with Gasteiger partial charge in [0.05, 0.1) is 33.1 Å². The van der Waals surface area contributed by atoms with Crippen molar-refractivity contribution < 1.29 is 19.0 Å². The number of benzene rings is 2. The molecular formula is C22H24N4O4. The quantitative estimate of drug-likeness (QED) is 0.576. The first kappa shape index (κ1) is 20.9. The summed E-state index contributed by atoms with van der Waals surface area (Å²) in [5, 5.41) is 7.05. The zero-order chi connectivity index (χ0) is 21.5. The molecule has 1 heterocycles. The number of carbonyl (C=O) groups excluding carboxylic acids is 1. The average molecular weight is 408 g/mol. The molecule has 0 radical (unpaired) electrons. The molecule has 0 bridgehead atoms. The van der Waals surface area contributed by atoms with Gasteiger partial charge in [0.1, 0.15) is 12.7 Å². The first-order valence-corrected chi connectivity index (χ1v) is 9.29. The average Bonchev–Trinajstić information content (AvgIpc) is 3.31. The monoisotopic (exact) mass is 408 g/mol. The van der Waals surface area contributed by atoms with Gasteiger partial charge < -0.3 is 19.5 Å². The highest BCUT2D eigenvalue weighted by Gasteiger charge is 2.13. The number of methoxy groups -OCH3 is 3. The summed E-state index contributed by atoms with van der Waals surface area (Å²) in [6, 6.07) is 11.1. The molecule has 8 nitrogen and oxygen atoms in total.